The molecule has 0 radical (unpaired) electrons. The van der Waals surface area contributed by atoms with E-state index in [0.29, 0.717) is 5.56 Å². The molecule has 0 unspecified atom stereocenters. The van der Waals surface area contributed by atoms with Crippen LogP contribution in [0.5, 0.6) is 0 Å². The molecule has 0 spiro atoms. The first-order valence-corrected chi connectivity index (χ1v) is 5.50. The Kier molecular flexibility index (Phi) is 2.75. The molecule has 82 valence electrons. The van der Waals surface area contributed by atoms with Crippen LogP contribution in [-0.4, -0.2) is 9.55 Å². The zero-order chi connectivity index (χ0) is 10.8. The molecule has 1 aromatic rings. The summed E-state index contributed by atoms with van der Waals surface area (Å²) in [6, 6.07) is 0.279. The highest BCUT2D eigenvalue weighted by Crippen LogP contribution is 2.26. The van der Waals surface area contributed by atoms with Crippen LogP contribution in [0.3, 0.4) is 0 Å². The monoisotopic (exact) mass is 208 g/mol. The summed E-state index contributed by atoms with van der Waals surface area (Å²) in [4.78, 5) is 25.2. The van der Waals surface area contributed by atoms with Crippen molar-refractivity contribution in [1.29, 1.82) is 0 Å². The maximum absolute atomic E-state index is 11.6. The normalized spacial score (nSPS) is 17.9. The van der Waals surface area contributed by atoms with E-state index in [4.69, 9.17) is 0 Å². The Hall–Kier alpha value is -1.32. The molecule has 0 aromatic carbocycles. The van der Waals surface area contributed by atoms with E-state index in [0.717, 1.165) is 12.8 Å². The lowest BCUT2D eigenvalue weighted by molar-refractivity contribution is 0.341. The van der Waals surface area contributed by atoms with Crippen molar-refractivity contribution in [2.24, 2.45) is 0 Å². The van der Waals surface area contributed by atoms with E-state index in [9.17, 15) is 9.59 Å². The van der Waals surface area contributed by atoms with Crippen molar-refractivity contribution >= 4 is 0 Å². The highest BCUT2D eigenvalue weighted by atomic mass is 16.2. The van der Waals surface area contributed by atoms with Gasteiger partial charge in [-0.1, -0.05) is 19.3 Å². The highest BCUT2D eigenvalue weighted by molar-refractivity contribution is 5.01. The lowest BCUT2D eigenvalue weighted by Gasteiger charge is -2.23. The van der Waals surface area contributed by atoms with Gasteiger partial charge in [0, 0.05) is 17.8 Å². The van der Waals surface area contributed by atoms with Gasteiger partial charge in [-0.25, -0.2) is 4.79 Å². The molecule has 0 aliphatic heterocycles. The van der Waals surface area contributed by atoms with Gasteiger partial charge in [-0.2, -0.15) is 0 Å². The first-order valence-electron chi connectivity index (χ1n) is 5.50. The minimum Gasteiger partial charge on any atom is -0.297 e. The highest BCUT2D eigenvalue weighted by Gasteiger charge is 2.16. The third kappa shape index (κ3) is 2.03. The van der Waals surface area contributed by atoms with Gasteiger partial charge in [0.1, 0.15) is 0 Å². The second-order valence-electron chi connectivity index (χ2n) is 4.27. The predicted octanol–water partition coefficient (Wildman–Crippen LogP) is 1.35. The first kappa shape index (κ1) is 10.2. The van der Waals surface area contributed by atoms with E-state index in [1.807, 2.05) is 0 Å². The molecule has 1 aromatic heterocycles. The molecule has 15 heavy (non-hydrogen) atoms. The number of hydrogen-bond acceptors (Lipinski definition) is 2. The second-order valence-corrected chi connectivity index (χ2v) is 4.27. The fourth-order valence-electron chi connectivity index (χ4n) is 2.22. The third-order valence-corrected chi connectivity index (χ3v) is 3.11. The Morgan fingerprint density at radius 2 is 1.93 bits per heavy atom. The van der Waals surface area contributed by atoms with E-state index in [2.05, 4.69) is 4.98 Å². The van der Waals surface area contributed by atoms with Crippen LogP contribution in [0, 0.1) is 6.92 Å². The van der Waals surface area contributed by atoms with Crippen molar-refractivity contribution in [2.45, 2.75) is 45.1 Å². The largest absolute Gasteiger partial charge is 0.328 e. The van der Waals surface area contributed by atoms with Crippen LogP contribution in [0.25, 0.3) is 0 Å². The molecule has 0 amide bonds. The van der Waals surface area contributed by atoms with Crippen molar-refractivity contribution in [3.63, 3.8) is 0 Å². The van der Waals surface area contributed by atoms with Gasteiger partial charge in [0.05, 0.1) is 0 Å². The molecule has 1 aliphatic rings. The second kappa shape index (κ2) is 4.04. The smallest absolute Gasteiger partial charge is 0.297 e. The maximum Gasteiger partial charge on any atom is 0.328 e. The van der Waals surface area contributed by atoms with Gasteiger partial charge in [-0.3, -0.25) is 14.3 Å². The fourth-order valence-corrected chi connectivity index (χ4v) is 2.22. The minimum atomic E-state index is -0.271. The molecule has 1 saturated carbocycles. The van der Waals surface area contributed by atoms with Gasteiger partial charge in [0.15, 0.2) is 0 Å². The molecule has 1 heterocycles. The summed E-state index contributed by atoms with van der Waals surface area (Å²) in [5.74, 6) is 0. The maximum atomic E-state index is 11.6. The van der Waals surface area contributed by atoms with E-state index in [1.165, 1.54) is 19.3 Å². The van der Waals surface area contributed by atoms with Crippen LogP contribution in [-0.2, 0) is 0 Å². The lowest BCUT2D eigenvalue weighted by atomic mass is 9.95. The van der Waals surface area contributed by atoms with Gasteiger partial charge in [-0.05, 0) is 19.8 Å². The Bertz CT molecular complexity index is 452. The summed E-state index contributed by atoms with van der Waals surface area (Å²) >= 11 is 0. The summed E-state index contributed by atoms with van der Waals surface area (Å²) < 4.78 is 1.69. The van der Waals surface area contributed by atoms with Crippen molar-refractivity contribution in [3.05, 3.63) is 32.6 Å². The van der Waals surface area contributed by atoms with Gasteiger partial charge in [-0.15, -0.1) is 0 Å². The number of aryl methyl sites for hydroxylation is 1. The number of rotatable bonds is 1. The molecule has 0 bridgehead atoms. The summed E-state index contributed by atoms with van der Waals surface area (Å²) in [6.45, 7) is 1.73. The Balaban J connectivity index is 2.39. The molecular formula is C11H16N2O2. The van der Waals surface area contributed by atoms with Crippen molar-refractivity contribution in [3.8, 4) is 0 Å². The first-order chi connectivity index (χ1) is 7.18. The molecule has 0 saturated heterocycles. The molecule has 1 fully saturated rings. The average molecular weight is 208 g/mol. The van der Waals surface area contributed by atoms with Gasteiger partial charge in [0.25, 0.3) is 5.56 Å². The summed E-state index contributed by atoms with van der Waals surface area (Å²) in [5, 5.41) is 0. The summed E-state index contributed by atoms with van der Waals surface area (Å²) in [6.07, 6.45) is 7.39. The van der Waals surface area contributed by atoms with Crippen molar-refractivity contribution in [1.82, 2.24) is 9.55 Å². The van der Waals surface area contributed by atoms with Crippen LogP contribution in [0.1, 0.15) is 43.7 Å². The molecule has 4 heteroatoms. The van der Waals surface area contributed by atoms with E-state index in [1.54, 1.807) is 17.7 Å². The Morgan fingerprint density at radius 3 is 2.60 bits per heavy atom. The topological polar surface area (TPSA) is 54.9 Å². The van der Waals surface area contributed by atoms with Crippen LogP contribution in [0.4, 0.5) is 0 Å². The van der Waals surface area contributed by atoms with Gasteiger partial charge >= 0.3 is 5.69 Å². The summed E-state index contributed by atoms with van der Waals surface area (Å²) in [5.41, 5.74) is 0.0738. The molecule has 0 atom stereocenters. The van der Waals surface area contributed by atoms with Crippen LogP contribution >= 0.6 is 0 Å². The SMILES string of the molecule is Cc1cn(C2CCCCC2)c(=O)[nH]c1=O. The number of H-pyrrole nitrogens is 1. The summed E-state index contributed by atoms with van der Waals surface area (Å²) in [7, 11) is 0. The Morgan fingerprint density at radius 1 is 1.27 bits per heavy atom. The zero-order valence-electron chi connectivity index (χ0n) is 8.95. The minimum absolute atomic E-state index is 0.266. The van der Waals surface area contributed by atoms with Crippen LogP contribution in [0.15, 0.2) is 15.8 Å². The number of aromatic nitrogens is 2. The van der Waals surface area contributed by atoms with Crippen molar-refractivity contribution < 1.29 is 0 Å². The predicted molar refractivity (Wildman–Crippen MR) is 58.2 cm³/mol. The standard InChI is InChI=1S/C11H16N2O2/c1-8-7-13(11(15)12-10(8)14)9-5-3-2-4-6-9/h7,9H,2-6H2,1H3,(H,12,14,15). The number of nitrogens with zero attached hydrogens (tertiary/aromatic N) is 1. The fraction of sp³-hybridized carbons (Fsp3) is 0.636. The number of hydrogen-bond donors (Lipinski definition) is 1. The van der Waals surface area contributed by atoms with E-state index in [-0.39, 0.29) is 17.3 Å². The van der Waals surface area contributed by atoms with Gasteiger partial charge in [0.2, 0.25) is 0 Å². The zero-order valence-corrected chi connectivity index (χ0v) is 8.95. The quantitative estimate of drug-likeness (QED) is 0.757. The number of nitrogens with one attached hydrogen (secondary N) is 1. The molecule has 1 N–H and O–H groups in total. The van der Waals surface area contributed by atoms with E-state index < -0.39 is 0 Å². The number of aromatic amines is 1. The van der Waals surface area contributed by atoms with Crippen LogP contribution in [0.2, 0.25) is 0 Å². The van der Waals surface area contributed by atoms with Gasteiger partial charge < -0.3 is 0 Å². The van der Waals surface area contributed by atoms with Crippen LogP contribution < -0.4 is 11.2 Å². The molecule has 1 aliphatic carbocycles. The molecule has 4 nitrogen and oxygen atoms in total. The molecular weight excluding hydrogens is 192 g/mol. The van der Waals surface area contributed by atoms with Crippen molar-refractivity contribution in [2.75, 3.05) is 0 Å². The lowest BCUT2D eigenvalue weighted by Crippen LogP contribution is -2.33. The third-order valence-electron chi connectivity index (χ3n) is 3.11. The van der Waals surface area contributed by atoms with E-state index >= 15 is 0 Å². The average Bonchev–Trinajstić information content (AvgIpc) is 2.25. The Labute approximate surface area is 88.0 Å². The molecule has 2 rings (SSSR count).